The van der Waals surface area contributed by atoms with E-state index in [1.165, 1.54) is 6.07 Å². The molecule has 3 rings (SSSR count). The molecule has 1 fully saturated rings. The normalized spacial score (nSPS) is 14.3. The molecule has 2 aromatic rings. The van der Waals surface area contributed by atoms with Crippen molar-refractivity contribution in [1.82, 2.24) is 4.90 Å². The van der Waals surface area contributed by atoms with Crippen molar-refractivity contribution in [3.05, 3.63) is 54.1 Å². The molecule has 1 amide bonds. The van der Waals surface area contributed by atoms with Crippen molar-refractivity contribution in [1.29, 1.82) is 0 Å². The fraction of sp³-hybridized carbons (Fsp3) is 0.316. The van der Waals surface area contributed by atoms with Crippen LogP contribution in [0.3, 0.4) is 0 Å². The van der Waals surface area contributed by atoms with Crippen LogP contribution in [-0.4, -0.2) is 38.9 Å². The SMILES string of the molecule is Cc1cc(S(=O)(=O)Nc2ccccc2)ccc1OCC(=O)N1CCCC1. The van der Waals surface area contributed by atoms with Crippen molar-refractivity contribution in [2.75, 3.05) is 24.4 Å². The molecule has 1 N–H and O–H groups in total. The van der Waals surface area contributed by atoms with E-state index in [0.29, 0.717) is 17.0 Å². The van der Waals surface area contributed by atoms with E-state index in [2.05, 4.69) is 4.72 Å². The third kappa shape index (κ3) is 4.35. The van der Waals surface area contributed by atoms with Crippen LogP contribution in [0, 0.1) is 6.92 Å². The highest BCUT2D eigenvalue weighted by molar-refractivity contribution is 7.92. The summed E-state index contributed by atoms with van der Waals surface area (Å²) in [6.45, 7) is 3.29. The molecule has 0 saturated carbocycles. The van der Waals surface area contributed by atoms with E-state index >= 15 is 0 Å². The number of sulfonamides is 1. The first kappa shape index (κ1) is 18.3. The first-order chi connectivity index (χ1) is 12.5. The number of hydrogen-bond donors (Lipinski definition) is 1. The van der Waals surface area contributed by atoms with Crippen LogP contribution in [0.4, 0.5) is 5.69 Å². The van der Waals surface area contributed by atoms with E-state index < -0.39 is 10.0 Å². The van der Waals surface area contributed by atoms with Crippen LogP contribution in [0.5, 0.6) is 5.75 Å². The van der Waals surface area contributed by atoms with Gasteiger partial charge in [0.15, 0.2) is 6.61 Å². The smallest absolute Gasteiger partial charge is 0.261 e. The van der Waals surface area contributed by atoms with Crippen LogP contribution in [-0.2, 0) is 14.8 Å². The molecule has 1 aliphatic rings. The van der Waals surface area contributed by atoms with Crippen molar-refractivity contribution in [2.45, 2.75) is 24.7 Å². The molecule has 0 atom stereocenters. The summed E-state index contributed by atoms with van der Waals surface area (Å²) in [6.07, 6.45) is 2.07. The Morgan fingerprint density at radius 3 is 2.46 bits per heavy atom. The number of aryl methyl sites for hydroxylation is 1. The molecular formula is C19H22N2O4S. The summed E-state index contributed by atoms with van der Waals surface area (Å²) in [5, 5.41) is 0. The highest BCUT2D eigenvalue weighted by Crippen LogP contribution is 2.23. The standard InChI is InChI=1S/C19H22N2O4S/c1-15-13-17(26(23,24)20-16-7-3-2-4-8-16)9-10-18(15)25-14-19(22)21-11-5-6-12-21/h2-4,7-10,13,20H,5-6,11-12,14H2,1H3. The van der Waals surface area contributed by atoms with Crippen molar-refractivity contribution in [3.8, 4) is 5.75 Å². The molecule has 0 unspecified atom stereocenters. The van der Waals surface area contributed by atoms with Gasteiger partial charge in [-0.2, -0.15) is 0 Å². The first-order valence-electron chi connectivity index (χ1n) is 8.55. The van der Waals surface area contributed by atoms with E-state index in [4.69, 9.17) is 4.74 Å². The number of para-hydroxylation sites is 1. The number of likely N-dealkylation sites (tertiary alicyclic amines) is 1. The van der Waals surface area contributed by atoms with Gasteiger partial charge in [0.05, 0.1) is 4.90 Å². The zero-order valence-corrected chi connectivity index (χ0v) is 15.5. The van der Waals surface area contributed by atoms with Crippen molar-refractivity contribution in [3.63, 3.8) is 0 Å². The van der Waals surface area contributed by atoms with Crippen LogP contribution in [0.1, 0.15) is 18.4 Å². The Hall–Kier alpha value is -2.54. The summed E-state index contributed by atoms with van der Waals surface area (Å²) in [4.78, 5) is 14.0. The van der Waals surface area contributed by atoms with E-state index in [9.17, 15) is 13.2 Å². The lowest BCUT2D eigenvalue weighted by Gasteiger charge is -2.16. The van der Waals surface area contributed by atoms with Crippen LogP contribution < -0.4 is 9.46 Å². The lowest BCUT2D eigenvalue weighted by Crippen LogP contribution is -2.32. The number of amides is 1. The minimum absolute atomic E-state index is 0.0325. The molecule has 1 saturated heterocycles. The van der Waals surface area contributed by atoms with Crippen molar-refractivity contribution in [2.24, 2.45) is 0 Å². The molecule has 0 aliphatic carbocycles. The molecule has 0 aromatic heterocycles. The summed E-state index contributed by atoms with van der Waals surface area (Å²) in [7, 11) is -3.68. The zero-order valence-electron chi connectivity index (χ0n) is 14.6. The highest BCUT2D eigenvalue weighted by atomic mass is 32.2. The first-order valence-corrected chi connectivity index (χ1v) is 10.0. The van der Waals surface area contributed by atoms with E-state index in [1.54, 1.807) is 48.2 Å². The van der Waals surface area contributed by atoms with Gasteiger partial charge >= 0.3 is 0 Å². The lowest BCUT2D eigenvalue weighted by molar-refractivity contribution is -0.132. The Morgan fingerprint density at radius 1 is 1.12 bits per heavy atom. The van der Waals surface area contributed by atoms with Gasteiger partial charge in [-0.05, 0) is 55.7 Å². The maximum Gasteiger partial charge on any atom is 0.261 e. The quantitative estimate of drug-likeness (QED) is 0.844. The van der Waals surface area contributed by atoms with Gasteiger partial charge in [0.25, 0.3) is 15.9 Å². The average Bonchev–Trinajstić information content (AvgIpc) is 3.15. The molecule has 2 aromatic carbocycles. The number of nitrogens with one attached hydrogen (secondary N) is 1. The summed E-state index contributed by atoms with van der Waals surface area (Å²) in [5.41, 5.74) is 1.16. The van der Waals surface area contributed by atoms with E-state index in [0.717, 1.165) is 25.9 Å². The number of nitrogens with zero attached hydrogens (tertiary/aromatic N) is 1. The predicted molar refractivity (Wildman–Crippen MR) is 99.7 cm³/mol. The molecule has 26 heavy (non-hydrogen) atoms. The molecule has 0 bridgehead atoms. The Kier molecular flexibility index (Phi) is 5.46. The topological polar surface area (TPSA) is 75.7 Å². The molecular weight excluding hydrogens is 352 g/mol. The Bertz CT molecular complexity index is 876. The van der Waals surface area contributed by atoms with Crippen LogP contribution in [0.2, 0.25) is 0 Å². The Balaban J connectivity index is 1.67. The maximum absolute atomic E-state index is 12.5. The van der Waals surface area contributed by atoms with Gasteiger partial charge in [-0.15, -0.1) is 0 Å². The van der Waals surface area contributed by atoms with Gasteiger partial charge in [0.2, 0.25) is 0 Å². The fourth-order valence-corrected chi connectivity index (χ4v) is 4.01. The third-order valence-electron chi connectivity index (χ3n) is 4.29. The number of anilines is 1. The van der Waals surface area contributed by atoms with Crippen LogP contribution in [0.15, 0.2) is 53.4 Å². The molecule has 1 aliphatic heterocycles. The van der Waals surface area contributed by atoms with Gasteiger partial charge in [-0.25, -0.2) is 8.42 Å². The Morgan fingerprint density at radius 2 is 1.81 bits per heavy atom. The summed E-state index contributed by atoms with van der Waals surface area (Å²) in [6, 6.07) is 13.3. The minimum atomic E-state index is -3.68. The largest absolute Gasteiger partial charge is 0.483 e. The number of carbonyl (C=O) groups excluding carboxylic acids is 1. The lowest BCUT2D eigenvalue weighted by atomic mass is 10.2. The van der Waals surface area contributed by atoms with E-state index in [1.807, 2.05) is 6.07 Å². The monoisotopic (exact) mass is 374 g/mol. The number of ether oxygens (including phenoxy) is 1. The average molecular weight is 374 g/mol. The fourth-order valence-electron chi connectivity index (χ4n) is 2.87. The van der Waals surface area contributed by atoms with Gasteiger partial charge in [0, 0.05) is 18.8 Å². The second-order valence-corrected chi connectivity index (χ2v) is 7.96. The number of rotatable bonds is 6. The molecule has 7 heteroatoms. The molecule has 6 nitrogen and oxygen atoms in total. The number of hydrogen-bond acceptors (Lipinski definition) is 4. The van der Waals surface area contributed by atoms with Gasteiger partial charge in [-0.3, -0.25) is 9.52 Å². The van der Waals surface area contributed by atoms with Crippen LogP contribution >= 0.6 is 0 Å². The van der Waals surface area contributed by atoms with Crippen LogP contribution in [0.25, 0.3) is 0 Å². The summed E-state index contributed by atoms with van der Waals surface area (Å²) >= 11 is 0. The highest BCUT2D eigenvalue weighted by Gasteiger charge is 2.19. The number of benzene rings is 2. The molecule has 0 spiro atoms. The predicted octanol–water partition coefficient (Wildman–Crippen LogP) is 2.80. The molecule has 138 valence electrons. The van der Waals surface area contributed by atoms with E-state index in [-0.39, 0.29) is 17.4 Å². The maximum atomic E-state index is 12.5. The zero-order chi connectivity index (χ0) is 18.6. The second-order valence-electron chi connectivity index (χ2n) is 6.28. The molecule has 0 radical (unpaired) electrons. The third-order valence-corrected chi connectivity index (χ3v) is 5.67. The van der Waals surface area contributed by atoms with Gasteiger partial charge in [0.1, 0.15) is 5.75 Å². The van der Waals surface area contributed by atoms with Gasteiger partial charge in [-0.1, -0.05) is 18.2 Å². The summed E-state index contributed by atoms with van der Waals surface area (Å²) < 4.78 is 33.1. The van der Waals surface area contributed by atoms with Gasteiger partial charge < -0.3 is 9.64 Å². The second kappa shape index (κ2) is 7.78. The van der Waals surface area contributed by atoms with Crippen molar-refractivity contribution < 1.29 is 17.9 Å². The number of carbonyl (C=O) groups is 1. The minimum Gasteiger partial charge on any atom is -0.483 e. The van der Waals surface area contributed by atoms with Crippen molar-refractivity contribution >= 4 is 21.6 Å². The summed E-state index contributed by atoms with van der Waals surface area (Å²) in [5.74, 6) is 0.473. The Labute approximate surface area is 153 Å². The molecule has 1 heterocycles.